The average Bonchev–Trinajstić information content (AvgIpc) is 1.99. The predicted octanol–water partition coefficient (Wildman–Crippen LogP) is 4.20. The molecule has 1 aromatic carbocycles. The lowest BCUT2D eigenvalue weighted by Gasteiger charge is -2.34. The van der Waals surface area contributed by atoms with Gasteiger partial charge in [0, 0.05) is 21.8 Å². The Kier molecular flexibility index (Phi) is 2.89. The zero-order valence-electron chi connectivity index (χ0n) is 8.06. The first-order valence-corrected chi connectivity index (χ1v) is 5.61. The average molecular weight is 230 g/mol. The maximum atomic E-state index is 5.90. The highest BCUT2D eigenvalue weighted by molar-refractivity contribution is 6.35. The first kappa shape index (κ1) is 10.1. The van der Waals surface area contributed by atoms with Crippen molar-refractivity contribution in [2.24, 2.45) is 5.92 Å². The van der Waals surface area contributed by atoms with Gasteiger partial charge in [-0.1, -0.05) is 30.1 Å². The molecule has 0 radical (unpaired) electrons. The Balaban J connectivity index is 2.02. The fraction of sp³-hybridized carbons (Fsp3) is 0.455. The Morgan fingerprint density at radius 3 is 2.21 bits per heavy atom. The van der Waals surface area contributed by atoms with E-state index in [0.717, 1.165) is 11.6 Å². The number of halogens is 2. The Bertz CT molecular complexity index is 312. The van der Waals surface area contributed by atoms with Gasteiger partial charge in [-0.25, -0.2) is 0 Å². The van der Waals surface area contributed by atoms with Crippen LogP contribution in [0.25, 0.3) is 0 Å². The zero-order chi connectivity index (χ0) is 10.1. The van der Waals surface area contributed by atoms with Gasteiger partial charge in [0.05, 0.1) is 0 Å². The molecular formula is C11H13Cl2N. The SMILES string of the molecule is CC1CC(Nc2cc(Cl)cc(Cl)c2)C1. The van der Waals surface area contributed by atoms with Gasteiger partial charge in [-0.3, -0.25) is 0 Å². The van der Waals surface area contributed by atoms with Crippen molar-refractivity contribution >= 4 is 28.9 Å². The monoisotopic (exact) mass is 229 g/mol. The Labute approximate surface area is 94.4 Å². The van der Waals surface area contributed by atoms with Gasteiger partial charge in [0.25, 0.3) is 0 Å². The molecule has 76 valence electrons. The second-order valence-corrected chi connectivity index (χ2v) is 4.95. The first-order chi connectivity index (χ1) is 6.63. The van der Waals surface area contributed by atoms with Crippen molar-refractivity contribution in [2.75, 3.05) is 5.32 Å². The number of anilines is 1. The molecule has 1 N–H and O–H groups in total. The minimum atomic E-state index is 0.597. The second-order valence-electron chi connectivity index (χ2n) is 4.08. The molecule has 0 aliphatic heterocycles. The van der Waals surface area contributed by atoms with E-state index in [1.165, 1.54) is 12.8 Å². The minimum Gasteiger partial charge on any atom is -0.382 e. The van der Waals surface area contributed by atoms with E-state index in [4.69, 9.17) is 23.2 Å². The van der Waals surface area contributed by atoms with Gasteiger partial charge in [-0.05, 0) is 37.0 Å². The van der Waals surface area contributed by atoms with Crippen LogP contribution in [0.5, 0.6) is 0 Å². The van der Waals surface area contributed by atoms with Gasteiger partial charge >= 0.3 is 0 Å². The molecule has 1 aliphatic carbocycles. The van der Waals surface area contributed by atoms with E-state index in [1.54, 1.807) is 6.07 Å². The summed E-state index contributed by atoms with van der Waals surface area (Å²) in [5, 5.41) is 4.80. The molecule has 3 heteroatoms. The molecule has 1 aliphatic rings. The summed E-state index contributed by atoms with van der Waals surface area (Å²) in [5.74, 6) is 0.849. The number of nitrogens with one attached hydrogen (secondary N) is 1. The maximum Gasteiger partial charge on any atom is 0.0441 e. The van der Waals surface area contributed by atoms with E-state index < -0.39 is 0 Å². The molecule has 0 spiro atoms. The number of rotatable bonds is 2. The number of benzene rings is 1. The molecule has 1 aromatic rings. The summed E-state index contributed by atoms with van der Waals surface area (Å²) in [6.07, 6.45) is 2.48. The fourth-order valence-corrected chi connectivity index (χ4v) is 2.42. The van der Waals surface area contributed by atoms with Crippen molar-refractivity contribution in [3.63, 3.8) is 0 Å². The first-order valence-electron chi connectivity index (χ1n) is 4.86. The Morgan fingerprint density at radius 2 is 1.71 bits per heavy atom. The lowest BCUT2D eigenvalue weighted by Crippen LogP contribution is -2.33. The van der Waals surface area contributed by atoms with E-state index in [2.05, 4.69) is 12.2 Å². The molecule has 0 atom stereocenters. The van der Waals surface area contributed by atoms with Crippen molar-refractivity contribution in [2.45, 2.75) is 25.8 Å². The number of hydrogen-bond acceptors (Lipinski definition) is 1. The van der Waals surface area contributed by atoms with Crippen LogP contribution in [0, 0.1) is 5.92 Å². The van der Waals surface area contributed by atoms with Crippen LogP contribution in [0.1, 0.15) is 19.8 Å². The third kappa shape index (κ3) is 2.34. The molecule has 1 fully saturated rings. The number of hydrogen-bond donors (Lipinski definition) is 1. The quantitative estimate of drug-likeness (QED) is 0.802. The molecule has 0 amide bonds. The summed E-state index contributed by atoms with van der Waals surface area (Å²) in [7, 11) is 0. The van der Waals surface area contributed by atoms with Crippen LogP contribution in [-0.2, 0) is 0 Å². The molecule has 0 bridgehead atoms. The van der Waals surface area contributed by atoms with Gasteiger partial charge in [0.1, 0.15) is 0 Å². The van der Waals surface area contributed by atoms with Crippen molar-refractivity contribution in [3.8, 4) is 0 Å². The summed E-state index contributed by atoms with van der Waals surface area (Å²) in [5.41, 5.74) is 1.03. The van der Waals surface area contributed by atoms with Crippen LogP contribution in [0.2, 0.25) is 10.0 Å². The summed E-state index contributed by atoms with van der Waals surface area (Å²) < 4.78 is 0. The van der Waals surface area contributed by atoms with E-state index in [0.29, 0.717) is 16.1 Å². The highest BCUT2D eigenvalue weighted by Crippen LogP contribution is 2.31. The molecule has 2 rings (SSSR count). The molecule has 0 saturated heterocycles. The summed E-state index contributed by atoms with van der Waals surface area (Å²) in [4.78, 5) is 0. The molecule has 0 unspecified atom stereocenters. The predicted molar refractivity (Wildman–Crippen MR) is 62.3 cm³/mol. The van der Waals surface area contributed by atoms with Crippen LogP contribution in [-0.4, -0.2) is 6.04 Å². The van der Waals surface area contributed by atoms with E-state index in [9.17, 15) is 0 Å². The standard InChI is InChI=1S/C11H13Cl2N/c1-7-2-10(3-7)14-11-5-8(12)4-9(13)6-11/h4-7,10,14H,2-3H2,1H3. The fourth-order valence-electron chi connectivity index (χ4n) is 1.89. The summed E-state index contributed by atoms with van der Waals surface area (Å²) in [6.45, 7) is 2.27. The largest absolute Gasteiger partial charge is 0.382 e. The van der Waals surface area contributed by atoms with Gasteiger partial charge in [0.2, 0.25) is 0 Å². The Morgan fingerprint density at radius 1 is 1.14 bits per heavy atom. The van der Waals surface area contributed by atoms with Crippen molar-refractivity contribution < 1.29 is 0 Å². The lowest BCUT2D eigenvalue weighted by molar-refractivity contribution is 0.309. The van der Waals surface area contributed by atoms with Crippen LogP contribution in [0.3, 0.4) is 0 Å². The van der Waals surface area contributed by atoms with Crippen molar-refractivity contribution in [1.82, 2.24) is 0 Å². The molecule has 1 saturated carbocycles. The third-order valence-corrected chi connectivity index (χ3v) is 3.04. The topological polar surface area (TPSA) is 12.0 Å². The molecule has 1 nitrogen and oxygen atoms in total. The molecule has 14 heavy (non-hydrogen) atoms. The smallest absolute Gasteiger partial charge is 0.0441 e. The van der Waals surface area contributed by atoms with Crippen LogP contribution >= 0.6 is 23.2 Å². The maximum absolute atomic E-state index is 5.90. The van der Waals surface area contributed by atoms with Crippen LogP contribution in [0.15, 0.2) is 18.2 Å². The van der Waals surface area contributed by atoms with Gasteiger partial charge < -0.3 is 5.32 Å². The van der Waals surface area contributed by atoms with E-state index >= 15 is 0 Å². The molecule has 0 heterocycles. The normalized spacial score (nSPS) is 25.6. The van der Waals surface area contributed by atoms with Gasteiger partial charge in [-0.2, -0.15) is 0 Å². The van der Waals surface area contributed by atoms with Crippen LogP contribution < -0.4 is 5.32 Å². The lowest BCUT2D eigenvalue weighted by atomic mass is 9.82. The van der Waals surface area contributed by atoms with Crippen LogP contribution in [0.4, 0.5) is 5.69 Å². The molecule has 0 aromatic heterocycles. The molecular weight excluding hydrogens is 217 g/mol. The van der Waals surface area contributed by atoms with E-state index in [1.807, 2.05) is 12.1 Å². The van der Waals surface area contributed by atoms with E-state index in [-0.39, 0.29) is 0 Å². The summed E-state index contributed by atoms with van der Waals surface area (Å²) >= 11 is 11.8. The minimum absolute atomic E-state index is 0.597. The Hall–Kier alpha value is -0.400. The van der Waals surface area contributed by atoms with Crippen molar-refractivity contribution in [1.29, 1.82) is 0 Å². The van der Waals surface area contributed by atoms with Gasteiger partial charge in [-0.15, -0.1) is 0 Å². The second kappa shape index (κ2) is 4.00. The highest BCUT2D eigenvalue weighted by atomic mass is 35.5. The highest BCUT2D eigenvalue weighted by Gasteiger charge is 2.24. The zero-order valence-corrected chi connectivity index (χ0v) is 9.57. The van der Waals surface area contributed by atoms with Crippen molar-refractivity contribution in [3.05, 3.63) is 28.2 Å². The third-order valence-electron chi connectivity index (χ3n) is 2.61. The van der Waals surface area contributed by atoms with Gasteiger partial charge in [0.15, 0.2) is 0 Å². The summed E-state index contributed by atoms with van der Waals surface area (Å²) in [6, 6.07) is 6.17.